The lowest BCUT2D eigenvalue weighted by Crippen LogP contribution is -2.35. The number of nitrogens with two attached hydrogens (primary N) is 1. The van der Waals surface area contributed by atoms with Gasteiger partial charge in [0, 0.05) is 12.0 Å². The summed E-state index contributed by atoms with van der Waals surface area (Å²) in [5.41, 5.74) is 4.94. The molecule has 0 atom stereocenters. The highest BCUT2D eigenvalue weighted by Crippen LogP contribution is 2.04. The molecule has 0 saturated carbocycles. The van der Waals surface area contributed by atoms with Crippen LogP contribution < -0.4 is 5.73 Å². The predicted molar refractivity (Wildman–Crippen MR) is 31.1 cm³/mol. The minimum Gasteiger partial charge on any atom is -0.368 e. The Bertz CT molecular complexity index is 65.3. The van der Waals surface area contributed by atoms with E-state index in [0.29, 0.717) is 0 Å². The Morgan fingerprint density at radius 2 is 1.88 bits per heavy atom. The fourth-order valence-electron chi connectivity index (χ4n) is 0.471. The minimum atomic E-state index is -1.28. The fraction of sp³-hybridized carbons (Fsp3) is 1.00. The highest BCUT2D eigenvalue weighted by atomic mass is 16.5. The molecule has 0 spiro atoms. The van der Waals surface area contributed by atoms with Crippen molar-refractivity contribution < 1.29 is 10.2 Å². The Kier molecular flexibility index (Phi) is 2.40. The standard InChI is InChI=1S/C5H13NO2/c1-5(2,6)3-4(7)8/h4,7-8H,3,6H2,1-2H3. The molecule has 0 aliphatic carbocycles. The molecule has 0 amide bonds. The van der Waals surface area contributed by atoms with E-state index in [0.717, 1.165) is 0 Å². The van der Waals surface area contributed by atoms with E-state index in [2.05, 4.69) is 0 Å². The molecule has 50 valence electrons. The van der Waals surface area contributed by atoms with E-state index >= 15 is 0 Å². The summed E-state index contributed by atoms with van der Waals surface area (Å²) in [5, 5.41) is 16.7. The zero-order valence-electron chi connectivity index (χ0n) is 5.26. The van der Waals surface area contributed by atoms with Crippen molar-refractivity contribution in [1.29, 1.82) is 0 Å². The molecule has 0 aliphatic heterocycles. The predicted octanol–water partition coefficient (Wildman–Crippen LogP) is -0.575. The first-order valence-corrected chi connectivity index (χ1v) is 2.57. The summed E-state index contributed by atoms with van der Waals surface area (Å²) in [6.45, 7) is 3.48. The van der Waals surface area contributed by atoms with Gasteiger partial charge in [0.2, 0.25) is 0 Å². The highest BCUT2D eigenvalue weighted by molar-refractivity contribution is 4.71. The molecule has 0 unspecified atom stereocenters. The van der Waals surface area contributed by atoms with Gasteiger partial charge in [0.05, 0.1) is 0 Å². The summed E-state index contributed by atoms with van der Waals surface area (Å²) < 4.78 is 0. The molecule has 4 N–H and O–H groups in total. The summed E-state index contributed by atoms with van der Waals surface area (Å²) in [6, 6.07) is 0. The van der Waals surface area contributed by atoms with Crippen molar-refractivity contribution in [3.8, 4) is 0 Å². The second-order valence-corrected chi connectivity index (χ2v) is 2.67. The molecule has 0 rings (SSSR count). The third-order valence-corrected chi connectivity index (χ3v) is 0.709. The third kappa shape index (κ3) is 5.88. The van der Waals surface area contributed by atoms with Gasteiger partial charge in [0.1, 0.15) is 0 Å². The molecule has 0 aromatic heterocycles. The van der Waals surface area contributed by atoms with Crippen LogP contribution in [0.3, 0.4) is 0 Å². The van der Waals surface area contributed by atoms with Crippen LogP contribution in [0.1, 0.15) is 20.3 Å². The number of hydrogen-bond donors (Lipinski definition) is 3. The molecule has 0 bridgehead atoms. The lowest BCUT2D eigenvalue weighted by Gasteiger charge is -2.18. The quantitative estimate of drug-likeness (QED) is 0.426. The lowest BCUT2D eigenvalue weighted by molar-refractivity contribution is -0.0561. The number of hydrogen-bond acceptors (Lipinski definition) is 3. The number of aliphatic hydroxyl groups excluding tert-OH is 1. The average molecular weight is 119 g/mol. The van der Waals surface area contributed by atoms with E-state index < -0.39 is 11.8 Å². The topological polar surface area (TPSA) is 66.5 Å². The molecule has 3 nitrogen and oxygen atoms in total. The van der Waals surface area contributed by atoms with Crippen LogP contribution in [0.2, 0.25) is 0 Å². The number of rotatable bonds is 2. The van der Waals surface area contributed by atoms with Gasteiger partial charge < -0.3 is 15.9 Å². The smallest absolute Gasteiger partial charge is 0.153 e. The Balaban J connectivity index is 3.39. The average Bonchev–Trinajstić information content (AvgIpc) is 1.21. The summed E-state index contributed by atoms with van der Waals surface area (Å²) >= 11 is 0. The minimum absolute atomic E-state index is 0.215. The second kappa shape index (κ2) is 2.44. The van der Waals surface area contributed by atoms with Gasteiger partial charge in [-0.15, -0.1) is 0 Å². The second-order valence-electron chi connectivity index (χ2n) is 2.67. The van der Waals surface area contributed by atoms with Gasteiger partial charge in [-0.25, -0.2) is 0 Å². The van der Waals surface area contributed by atoms with Crippen molar-refractivity contribution in [2.45, 2.75) is 32.1 Å². The first kappa shape index (κ1) is 7.88. The lowest BCUT2D eigenvalue weighted by atomic mass is 10.0. The fourth-order valence-corrected chi connectivity index (χ4v) is 0.471. The van der Waals surface area contributed by atoms with Gasteiger partial charge >= 0.3 is 0 Å². The highest BCUT2D eigenvalue weighted by Gasteiger charge is 2.13. The summed E-state index contributed by atoms with van der Waals surface area (Å²) in [5.74, 6) is 0. The zero-order valence-corrected chi connectivity index (χ0v) is 5.26. The van der Waals surface area contributed by atoms with Crippen molar-refractivity contribution in [2.24, 2.45) is 5.73 Å². The molecule has 0 aliphatic rings. The van der Waals surface area contributed by atoms with Gasteiger partial charge in [-0.1, -0.05) is 0 Å². The van der Waals surface area contributed by atoms with E-state index in [9.17, 15) is 0 Å². The van der Waals surface area contributed by atoms with Crippen molar-refractivity contribution in [3.63, 3.8) is 0 Å². The molecule has 0 heterocycles. The van der Waals surface area contributed by atoms with Gasteiger partial charge in [0.25, 0.3) is 0 Å². The van der Waals surface area contributed by atoms with Crippen LogP contribution in [0.5, 0.6) is 0 Å². The van der Waals surface area contributed by atoms with Crippen LogP contribution >= 0.6 is 0 Å². The molecule has 3 heteroatoms. The maximum absolute atomic E-state index is 8.36. The van der Waals surface area contributed by atoms with Gasteiger partial charge in [-0.05, 0) is 13.8 Å². The Morgan fingerprint density at radius 3 is 1.88 bits per heavy atom. The van der Waals surface area contributed by atoms with Crippen molar-refractivity contribution in [2.75, 3.05) is 0 Å². The normalized spacial score (nSPS) is 12.8. The Labute approximate surface area is 49.1 Å². The summed E-state index contributed by atoms with van der Waals surface area (Å²) in [4.78, 5) is 0. The van der Waals surface area contributed by atoms with E-state index in [-0.39, 0.29) is 6.42 Å². The molecule has 0 aromatic carbocycles. The largest absolute Gasteiger partial charge is 0.368 e. The van der Waals surface area contributed by atoms with Gasteiger partial charge in [-0.2, -0.15) is 0 Å². The molecular formula is C5H13NO2. The van der Waals surface area contributed by atoms with Crippen molar-refractivity contribution in [3.05, 3.63) is 0 Å². The van der Waals surface area contributed by atoms with E-state index in [1.165, 1.54) is 0 Å². The summed E-state index contributed by atoms with van der Waals surface area (Å²) in [6.07, 6.45) is -1.07. The van der Waals surface area contributed by atoms with Gasteiger partial charge in [0.15, 0.2) is 6.29 Å². The maximum atomic E-state index is 8.36. The molecule has 0 saturated heterocycles. The monoisotopic (exact) mass is 119 g/mol. The SMILES string of the molecule is CC(C)(N)CC(O)O. The van der Waals surface area contributed by atoms with E-state index in [1.807, 2.05) is 0 Å². The molecular weight excluding hydrogens is 106 g/mol. The van der Waals surface area contributed by atoms with Crippen LogP contribution in [0.15, 0.2) is 0 Å². The molecule has 0 aromatic rings. The molecule has 8 heavy (non-hydrogen) atoms. The zero-order chi connectivity index (χ0) is 6.78. The maximum Gasteiger partial charge on any atom is 0.153 e. The molecule has 0 radical (unpaired) electrons. The van der Waals surface area contributed by atoms with Crippen LogP contribution in [0, 0.1) is 0 Å². The van der Waals surface area contributed by atoms with Crippen LogP contribution in [-0.2, 0) is 0 Å². The third-order valence-electron chi connectivity index (χ3n) is 0.709. The first-order valence-electron chi connectivity index (χ1n) is 2.57. The van der Waals surface area contributed by atoms with E-state index in [4.69, 9.17) is 15.9 Å². The Morgan fingerprint density at radius 1 is 1.50 bits per heavy atom. The first-order chi connectivity index (χ1) is 3.42. The number of aliphatic hydroxyl groups is 2. The summed E-state index contributed by atoms with van der Waals surface area (Å²) in [7, 11) is 0. The molecule has 0 fully saturated rings. The van der Waals surface area contributed by atoms with Crippen molar-refractivity contribution in [1.82, 2.24) is 0 Å². The van der Waals surface area contributed by atoms with Crippen LogP contribution in [-0.4, -0.2) is 22.0 Å². The Hall–Kier alpha value is -0.120. The van der Waals surface area contributed by atoms with Gasteiger partial charge in [-0.3, -0.25) is 0 Å². The van der Waals surface area contributed by atoms with Crippen LogP contribution in [0.4, 0.5) is 0 Å². The van der Waals surface area contributed by atoms with Crippen LogP contribution in [0.25, 0.3) is 0 Å². The van der Waals surface area contributed by atoms with E-state index in [1.54, 1.807) is 13.8 Å². The van der Waals surface area contributed by atoms with Crippen molar-refractivity contribution >= 4 is 0 Å².